The number of ether oxygens (including phenoxy) is 1. The van der Waals surface area contributed by atoms with Gasteiger partial charge in [0.2, 0.25) is 0 Å². The molecule has 1 heterocycles. The summed E-state index contributed by atoms with van der Waals surface area (Å²) < 4.78 is 30.4. The predicted octanol–water partition coefficient (Wildman–Crippen LogP) is 5.38. The van der Waals surface area contributed by atoms with E-state index in [-0.39, 0.29) is 4.83 Å². The maximum Gasteiger partial charge on any atom is 0.261 e. The molecule has 0 saturated carbocycles. The molecule has 1 aromatic rings. The number of hydrogen-bond acceptors (Lipinski definition) is 2. The maximum atomic E-state index is 11.8. The SMILES string of the molecule is FC(F)COCCC(Br)c1cc(Br)c(Br)s1. The van der Waals surface area contributed by atoms with Crippen molar-refractivity contribution in [1.29, 1.82) is 0 Å². The van der Waals surface area contributed by atoms with Crippen LogP contribution in [-0.4, -0.2) is 19.6 Å². The minimum atomic E-state index is -2.39. The Hall–Kier alpha value is 0.960. The van der Waals surface area contributed by atoms with Crippen molar-refractivity contribution in [3.05, 3.63) is 19.2 Å². The monoisotopic (exact) mass is 440 g/mol. The van der Waals surface area contributed by atoms with Gasteiger partial charge in [-0.3, -0.25) is 0 Å². The average Bonchev–Trinajstić information content (AvgIpc) is 2.54. The van der Waals surface area contributed by atoms with E-state index in [0.717, 1.165) is 13.1 Å². The molecule has 1 aromatic heterocycles. The third-order valence-electron chi connectivity index (χ3n) is 1.73. The van der Waals surface area contributed by atoms with Gasteiger partial charge in [0.1, 0.15) is 6.61 Å². The Balaban J connectivity index is 2.32. The van der Waals surface area contributed by atoms with Crippen molar-refractivity contribution in [2.45, 2.75) is 17.7 Å². The molecule has 0 aliphatic heterocycles. The highest BCUT2D eigenvalue weighted by Gasteiger charge is 2.13. The molecule has 16 heavy (non-hydrogen) atoms. The topological polar surface area (TPSA) is 9.23 Å². The molecule has 92 valence electrons. The van der Waals surface area contributed by atoms with Crippen molar-refractivity contribution in [2.75, 3.05) is 13.2 Å². The van der Waals surface area contributed by atoms with E-state index in [1.807, 2.05) is 6.07 Å². The third kappa shape index (κ3) is 5.08. The standard InChI is InChI=1S/C9H9Br3F2OS/c10-5(1-2-15-4-8(13)14)7-3-6(11)9(12)16-7/h3,5,8H,1-2,4H2. The van der Waals surface area contributed by atoms with E-state index >= 15 is 0 Å². The molecule has 0 spiro atoms. The quantitative estimate of drug-likeness (QED) is 0.424. The average molecular weight is 443 g/mol. The summed E-state index contributed by atoms with van der Waals surface area (Å²) in [5.74, 6) is 0. The Morgan fingerprint density at radius 2 is 2.06 bits per heavy atom. The van der Waals surface area contributed by atoms with E-state index in [2.05, 4.69) is 47.8 Å². The Labute approximate surface area is 122 Å². The summed E-state index contributed by atoms with van der Waals surface area (Å²) in [6.45, 7) is -0.162. The number of rotatable bonds is 6. The lowest BCUT2D eigenvalue weighted by atomic mass is 10.3. The lowest BCUT2D eigenvalue weighted by Crippen LogP contribution is -2.06. The molecule has 0 bridgehead atoms. The second kappa shape index (κ2) is 7.41. The van der Waals surface area contributed by atoms with E-state index in [1.54, 1.807) is 11.3 Å². The predicted molar refractivity (Wildman–Crippen MR) is 72.8 cm³/mol. The molecule has 1 atom stereocenters. The van der Waals surface area contributed by atoms with Crippen molar-refractivity contribution in [3.8, 4) is 0 Å². The van der Waals surface area contributed by atoms with Gasteiger partial charge >= 0.3 is 0 Å². The zero-order chi connectivity index (χ0) is 12.1. The summed E-state index contributed by atoms with van der Waals surface area (Å²) in [5.41, 5.74) is 0. The first-order valence-corrected chi connectivity index (χ1v) is 7.77. The van der Waals surface area contributed by atoms with Gasteiger partial charge in [0.25, 0.3) is 6.43 Å². The fourth-order valence-electron chi connectivity index (χ4n) is 1.02. The summed E-state index contributed by atoms with van der Waals surface area (Å²) in [7, 11) is 0. The van der Waals surface area contributed by atoms with Crippen LogP contribution in [0.2, 0.25) is 0 Å². The molecule has 1 unspecified atom stereocenters. The number of thiophene rings is 1. The molecule has 0 radical (unpaired) electrons. The lowest BCUT2D eigenvalue weighted by Gasteiger charge is -2.07. The molecule has 0 aromatic carbocycles. The van der Waals surface area contributed by atoms with Crippen molar-refractivity contribution in [1.82, 2.24) is 0 Å². The van der Waals surface area contributed by atoms with Crippen molar-refractivity contribution < 1.29 is 13.5 Å². The number of alkyl halides is 3. The minimum absolute atomic E-state index is 0.137. The van der Waals surface area contributed by atoms with E-state index in [0.29, 0.717) is 13.0 Å². The summed E-state index contributed by atoms with van der Waals surface area (Å²) in [4.78, 5) is 1.28. The first-order chi connectivity index (χ1) is 7.50. The zero-order valence-electron chi connectivity index (χ0n) is 8.06. The summed E-state index contributed by atoms with van der Waals surface area (Å²) in [5, 5.41) is 0. The lowest BCUT2D eigenvalue weighted by molar-refractivity contribution is 0.0168. The van der Waals surface area contributed by atoms with Crippen molar-refractivity contribution in [3.63, 3.8) is 0 Å². The van der Waals surface area contributed by atoms with Gasteiger partial charge in [0.05, 0.1) is 8.61 Å². The first kappa shape index (κ1) is 15.0. The maximum absolute atomic E-state index is 11.8. The molecule has 0 aliphatic carbocycles. The Morgan fingerprint density at radius 3 is 2.56 bits per heavy atom. The smallest absolute Gasteiger partial charge is 0.261 e. The molecule has 0 amide bonds. The van der Waals surface area contributed by atoms with Gasteiger partial charge in [-0.05, 0) is 44.3 Å². The first-order valence-electron chi connectivity index (χ1n) is 4.45. The third-order valence-corrected chi connectivity index (χ3v) is 6.36. The molecular weight excluding hydrogens is 434 g/mol. The second-order valence-corrected chi connectivity index (χ2v) is 7.35. The molecule has 0 aliphatic rings. The van der Waals surface area contributed by atoms with Crippen LogP contribution in [0, 0.1) is 0 Å². The van der Waals surface area contributed by atoms with Gasteiger partial charge in [-0.2, -0.15) is 0 Å². The van der Waals surface area contributed by atoms with E-state index in [9.17, 15) is 8.78 Å². The summed E-state index contributed by atoms with van der Waals surface area (Å²) in [6, 6.07) is 2.00. The second-order valence-electron chi connectivity index (χ2n) is 2.99. The molecular formula is C9H9Br3F2OS. The van der Waals surface area contributed by atoms with Gasteiger partial charge in [-0.1, -0.05) is 15.9 Å². The van der Waals surface area contributed by atoms with Crippen molar-refractivity contribution >= 4 is 59.1 Å². The fourth-order valence-corrected chi connectivity index (χ4v) is 3.72. The molecule has 0 saturated heterocycles. The van der Waals surface area contributed by atoms with E-state index < -0.39 is 13.0 Å². The fraction of sp³-hybridized carbons (Fsp3) is 0.556. The Morgan fingerprint density at radius 1 is 1.38 bits per heavy atom. The van der Waals surface area contributed by atoms with Gasteiger partial charge < -0.3 is 4.74 Å². The minimum Gasteiger partial charge on any atom is -0.375 e. The van der Waals surface area contributed by atoms with Crippen LogP contribution >= 0.6 is 59.1 Å². The molecule has 0 fully saturated rings. The Bertz CT molecular complexity index is 313. The van der Waals surface area contributed by atoms with Gasteiger partial charge in [0.15, 0.2) is 0 Å². The largest absolute Gasteiger partial charge is 0.375 e. The highest BCUT2D eigenvalue weighted by molar-refractivity contribution is 9.13. The normalized spacial score (nSPS) is 13.4. The number of hydrogen-bond donors (Lipinski definition) is 0. The van der Waals surface area contributed by atoms with Gasteiger partial charge in [0, 0.05) is 16.0 Å². The highest BCUT2D eigenvalue weighted by atomic mass is 79.9. The van der Waals surface area contributed by atoms with Crippen molar-refractivity contribution in [2.24, 2.45) is 0 Å². The van der Waals surface area contributed by atoms with Crippen LogP contribution in [-0.2, 0) is 4.74 Å². The van der Waals surface area contributed by atoms with Gasteiger partial charge in [-0.15, -0.1) is 11.3 Å². The molecule has 0 N–H and O–H groups in total. The van der Waals surface area contributed by atoms with E-state index in [4.69, 9.17) is 4.74 Å². The highest BCUT2D eigenvalue weighted by Crippen LogP contribution is 2.39. The van der Waals surface area contributed by atoms with E-state index in [1.165, 1.54) is 0 Å². The Kier molecular flexibility index (Phi) is 6.95. The summed E-state index contributed by atoms with van der Waals surface area (Å²) in [6.07, 6.45) is -1.72. The summed E-state index contributed by atoms with van der Waals surface area (Å²) >= 11 is 11.9. The molecule has 7 heteroatoms. The van der Waals surface area contributed by atoms with Gasteiger partial charge in [-0.25, -0.2) is 8.78 Å². The van der Waals surface area contributed by atoms with Crippen LogP contribution in [0.5, 0.6) is 0 Å². The van der Waals surface area contributed by atoms with Crippen LogP contribution in [0.3, 0.4) is 0 Å². The van der Waals surface area contributed by atoms with Crippen LogP contribution in [0.25, 0.3) is 0 Å². The van der Waals surface area contributed by atoms with Crippen LogP contribution in [0.15, 0.2) is 14.3 Å². The number of halogens is 5. The molecule has 1 rings (SSSR count). The van der Waals surface area contributed by atoms with Crippen LogP contribution in [0.4, 0.5) is 8.78 Å². The zero-order valence-corrected chi connectivity index (χ0v) is 13.6. The molecule has 1 nitrogen and oxygen atoms in total. The van der Waals surface area contributed by atoms with Crippen LogP contribution < -0.4 is 0 Å². The van der Waals surface area contributed by atoms with Crippen LogP contribution in [0.1, 0.15) is 16.1 Å².